The lowest BCUT2D eigenvalue weighted by molar-refractivity contribution is -0.115. The molecule has 0 bridgehead atoms. The van der Waals surface area contributed by atoms with E-state index in [2.05, 4.69) is 26.2 Å². The molecule has 0 aliphatic carbocycles. The molecule has 1 heterocycles. The van der Waals surface area contributed by atoms with Crippen LogP contribution in [0.5, 0.6) is 0 Å². The van der Waals surface area contributed by atoms with Crippen LogP contribution in [0.3, 0.4) is 0 Å². The molecule has 1 aromatic heterocycles. The van der Waals surface area contributed by atoms with Crippen molar-refractivity contribution in [3.63, 3.8) is 0 Å². The van der Waals surface area contributed by atoms with Crippen LogP contribution in [-0.2, 0) is 4.79 Å². The van der Waals surface area contributed by atoms with Crippen molar-refractivity contribution < 1.29 is 4.79 Å². The van der Waals surface area contributed by atoms with Crippen molar-refractivity contribution in [3.05, 3.63) is 41.7 Å². The standard InChI is InChI=1S/C12H14N6O/c1-9-14-16-12(18(9)17-10(2)19)15-13-8-11-6-4-3-5-7-11/h3-8H,1-2H3,(H,15,16)(H,17,19)/b13-8+. The van der Waals surface area contributed by atoms with E-state index in [9.17, 15) is 4.79 Å². The molecule has 0 fully saturated rings. The molecule has 2 aromatic rings. The van der Waals surface area contributed by atoms with Gasteiger partial charge in [0.15, 0.2) is 5.82 Å². The number of aromatic nitrogens is 3. The maximum Gasteiger partial charge on any atom is 0.264 e. The second-order valence-corrected chi connectivity index (χ2v) is 3.85. The molecule has 19 heavy (non-hydrogen) atoms. The predicted molar refractivity (Wildman–Crippen MR) is 72.5 cm³/mol. The van der Waals surface area contributed by atoms with Crippen molar-refractivity contribution in [1.29, 1.82) is 0 Å². The van der Waals surface area contributed by atoms with Crippen LogP contribution in [0.2, 0.25) is 0 Å². The summed E-state index contributed by atoms with van der Waals surface area (Å²) < 4.78 is 1.44. The summed E-state index contributed by atoms with van der Waals surface area (Å²) in [4.78, 5) is 11.1. The summed E-state index contributed by atoms with van der Waals surface area (Å²) in [6.45, 7) is 3.14. The fourth-order valence-corrected chi connectivity index (χ4v) is 1.43. The fourth-order valence-electron chi connectivity index (χ4n) is 1.43. The average molecular weight is 258 g/mol. The van der Waals surface area contributed by atoms with Crippen LogP contribution in [0, 0.1) is 6.92 Å². The van der Waals surface area contributed by atoms with Gasteiger partial charge in [-0.1, -0.05) is 30.3 Å². The number of hydrazone groups is 1. The molecule has 0 atom stereocenters. The summed E-state index contributed by atoms with van der Waals surface area (Å²) in [6, 6.07) is 9.63. The van der Waals surface area contributed by atoms with Crippen LogP contribution in [0.15, 0.2) is 35.4 Å². The van der Waals surface area contributed by atoms with E-state index >= 15 is 0 Å². The molecule has 0 spiro atoms. The van der Waals surface area contributed by atoms with E-state index in [0.717, 1.165) is 5.56 Å². The van der Waals surface area contributed by atoms with Crippen LogP contribution >= 0.6 is 0 Å². The summed E-state index contributed by atoms with van der Waals surface area (Å²) in [5.74, 6) is 0.700. The van der Waals surface area contributed by atoms with Gasteiger partial charge < -0.3 is 0 Å². The first kappa shape index (κ1) is 12.7. The molecule has 7 nitrogen and oxygen atoms in total. The number of anilines is 1. The van der Waals surface area contributed by atoms with Crippen molar-refractivity contribution in [3.8, 4) is 0 Å². The van der Waals surface area contributed by atoms with Gasteiger partial charge in [-0.25, -0.2) is 10.1 Å². The zero-order valence-electron chi connectivity index (χ0n) is 10.7. The molecule has 1 amide bonds. The molecule has 0 unspecified atom stereocenters. The number of nitrogens with zero attached hydrogens (tertiary/aromatic N) is 4. The summed E-state index contributed by atoms with van der Waals surface area (Å²) >= 11 is 0. The lowest BCUT2D eigenvalue weighted by Gasteiger charge is -2.06. The smallest absolute Gasteiger partial charge is 0.264 e. The molecule has 7 heteroatoms. The Hall–Kier alpha value is -2.70. The van der Waals surface area contributed by atoms with Crippen molar-refractivity contribution >= 4 is 18.1 Å². The van der Waals surface area contributed by atoms with Gasteiger partial charge in [0.25, 0.3) is 5.95 Å². The minimum Gasteiger partial charge on any atom is -0.274 e. The number of nitrogens with one attached hydrogen (secondary N) is 2. The third kappa shape index (κ3) is 3.38. The second kappa shape index (κ2) is 5.76. The summed E-state index contributed by atoms with van der Waals surface area (Å²) in [7, 11) is 0. The Morgan fingerprint density at radius 3 is 2.74 bits per heavy atom. The highest BCUT2D eigenvalue weighted by Gasteiger charge is 2.08. The van der Waals surface area contributed by atoms with E-state index in [1.54, 1.807) is 13.1 Å². The fraction of sp³-hybridized carbons (Fsp3) is 0.167. The Morgan fingerprint density at radius 2 is 2.05 bits per heavy atom. The summed E-state index contributed by atoms with van der Waals surface area (Å²) in [6.07, 6.45) is 1.65. The second-order valence-electron chi connectivity index (χ2n) is 3.85. The SMILES string of the molecule is CC(=O)Nn1c(C)nnc1N/N=C/c1ccccc1. The molecule has 0 aliphatic heterocycles. The highest BCUT2D eigenvalue weighted by Crippen LogP contribution is 2.04. The lowest BCUT2D eigenvalue weighted by atomic mass is 10.2. The topological polar surface area (TPSA) is 84.2 Å². The third-order valence-corrected chi connectivity index (χ3v) is 2.27. The lowest BCUT2D eigenvalue weighted by Crippen LogP contribution is -2.22. The molecule has 98 valence electrons. The predicted octanol–water partition coefficient (Wildman–Crippen LogP) is 1.12. The van der Waals surface area contributed by atoms with E-state index in [4.69, 9.17) is 0 Å². The number of hydrogen-bond donors (Lipinski definition) is 2. The van der Waals surface area contributed by atoms with Crippen molar-refractivity contribution in [2.45, 2.75) is 13.8 Å². The highest BCUT2D eigenvalue weighted by atomic mass is 16.2. The van der Waals surface area contributed by atoms with Gasteiger partial charge in [0.05, 0.1) is 6.21 Å². The van der Waals surface area contributed by atoms with E-state index in [-0.39, 0.29) is 5.91 Å². The molecule has 2 N–H and O–H groups in total. The zero-order valence-corrected chi connectivity index (χ0v) is 10.7. The number of rotatable bonds is 4. The quantitative estimate of drug-likeness (QED) is 0.636. The molecule has 0 aliphatic rings. The van der Waals surface area contributed by atoms with E-state index in [1.807, 2.05) is 30.3 Å². The Morgan fingerprint density at radius 1 is 1.32 bits per heavy atom. The maximum absolute atomic E-state index is 11.1. The minimum absolute atomic E-state index is 0.210. The van der Waals surface area contributed by atoms with Gasteiger partial charge >= 0.3 is 0 Å². The molecular weight excluding hydrogens is 244 g/mol. The van der Waals surface area contributed by atoms with Gasteiger partial charge in [-0.3, -0.25) is 10.2 Å². The molecule has 2 rings (SSSR count). The van der Waals surface area contributed by atoms with Crippen LogP contribution in [-0.4, -0.2) is 27.0 Å². The van der Waals surface area contributed by atoms with Crippen molar-refractivity contribution in [1.82, 2.24) is 14.9 Å². The Kier molecular flexibility index (Phi) is 3.87. The minimum atomic E-state index is -0.210. The van der Waals surface area contributed by atoms with Gasteiger partial charge in [0, 0.05) is 6.92 Å². The van der Waals surface area contributed by atoms with E-state index in [1.165, 1.54) is 11.6 Å². The van der Waals surface area contributed by atoms with Crippen molar-refractivity contribution in [2.24, 2.45) is 5.10 Å². The molecular formula is C12H14N6O. The first-order valence-electron chi connectivity index (χ1n) is 5.70. The number of carbonyl (C=O) groups is 1. The van der Waals surface area contributed by atoms with Crippen molar-refractivity contribution in [2.75, 3.05) is 10.9 Å². The van der Waals surface area contributed by atoms with E-state index in [0.29, 0.717) is 11.8 Å². The third-order valence-electron chi connectivity index (χ3n) is 2.27. The van der Waals surface area contributed by atoms with Gasteiger partial charge in [0.2, 0.25) is 5.91 Å². The molecule has 0 saturated heterocycles. The molecule has 0 saturated carbocycles. The molecule has 0 radical (unpaired) electrons. The van der Waals surface area contributed by atoms with Crippen LogP contribution in [0.25, 0.3) is 0 Å². The van der Waals surface area contributed by atoms with E-state index < -0.39 is 0 Å². The number of aryl methyl sites for hydroxylation is 1. The molecule has 1 aromatic carbocycles. The van der Waals surface area contributed by atoms with Crippen LogP contribution < -0.4 is 10.9 Å². The first-order valence-corrected chi connectivity index (χ1v) is 5.70. The van der Waals surface area contributed by atoms with Gasteiger partial charge in [-0.2, -0.15) is 5.10 Å². The normalized spacial score (nSPS) is 10.6. The van der Waals surface area contributed by atoms with Gasteiger partial charge in [-0.15, -0.1) is 10.2 Å². The Bertz CT molecular complexity index is 590. The van der Waals surface area contributed by atoms with Crippen LogP contribution in [0.1, 0.15) is 18.3 Å². The zero-order chi connectivity index (χ0) is 13.7. The average Bonchev–Trinajstić information content (AvgIpc) is 2.72. The monoisotopic (exact) mass is 258 g/mol. The first-order chi connectivity index (χ1) is 9.16. The largest absolute Gasteiger partial charge is 0.274 e. The van der Waals surface area contributed by atoms with Gasteiger partial charge in [0.1, 0.15) is 0 Å². The number of amides is 1. The Balaban J connectivity index is 2.07. The van der Waals surface area contributed by atoms with Crippen LogP contribution in [0.4, 0.5) is 5.95 Å². The Labute approximate surface area is 110 Å². The summed E-state index contributed by atoms with van der Waals surface area (Å²) in [5, 5.41) is 11.8. The summed E-state index contributed by atoms with van der Waals surface area (Å²) in [5.41, 5.74) is 6.27. The highest BCUT2D eigenvalue weighted by molar-refractivity contribution is 5.81. The maximum atomic E-state index is 11.1. The number of benzene rings is 1. The van der Waals surface area contributed by atoms with Gasteiger partial charge in [-0.05, 0) is 12.5 Å². The number of carbonyl (C=O) groups excluding carboxylic acids is 1. The number of hydrogen-bond acceptors (Lipinski definition) is 5.